The minimum Gasteiger partial charge on any atom is -0.484 e. The standard InChI is InChI=1S/C15H23N3O3/c1-10(2)21-14-6-4-5-13(15(14)18(19)20)17-8-7-12(16)9-11(17)3/h4-6,10-12H,7-9,16H2,1-3H3. The van der Waals surface area contributed by atoms with Gasteiger partial charge in [0.25, 0.3) is 0 Å². The molecule has 2 unspecified atom stereocenters. The van der Waals surface area contributed by atoms with Crippen molar-refractivity contribution in [3.05, 3.63) is 28.3 Å². The molecule has 1 saturated heterocycles. The number of nitrogens with two attached hydrogens (primary N) is 1. The van der Waals surface area contributed by atoms with Crippen LogP contribution in [0.1, 0.15) is 33.6 Å². The Hall–Kier alpha value is -1.82. The predicted octanol–water partition coefficient (Wildman–Crippen LogP) is 2.70. The summed E-state index contributed by atoms with van der Waals surface area (Å²) in [4.78, 5) is 13.2. The van der Waals surface area contributed by atoms with Crippen LogP contribution < -0.4 is 15.4 Å². The van der Waals surface area contributed by atoms with Gasteiger partial charge >= 0.3 is 5.69 Å². The normalized spacial score (nSPS) is 22.4. The van der Waals surface area contributed by atoms with Crippen LogP contribution in [0.4, 0.5) is 11.4 Å². The molecule has 0 amide bonds. The summed E-state index contributed by atoms with van der Waals surface area (Å²) in [6.45, 7) is 6.50. The second-order valence-electron chi connectivity index (χ2n) is 5.87. The maximum absolute atomic E-state index is 11.5. The van der Waals surface area contributed by atoms with Gasteiger partial charge in [0.2, 0.25) is 0 Å². The Morgan fingerprint density at radius 3 is 2.76 bits per heavy atom. The van der Waals surface area contributed by atoms with E-state index in [-0.39, 0.29) is 28.8 Å². The number of hydrogen-bond acceptors (Lipinski definition) is 5. The Labute approximate surface area is 125 Å². The molecule has 1 aliphatic rings. The fourth-order valence-corrected chi connectivity index (χ4v) is 2.84. The fourth-order valence-electron chi connectivity index (χ4n) is 2.84. The van der Waals surface area contributed by atoms with Gasteiger partial charge in [0, 0.05) is 18.6 Å². The van der Waals surface area contributed by atoms with Gasteiger partial charge in [-0.3, -0.25) is 10.1 Å². The summed E-state index contributed by atoms with van der Waals surface area (Å²) in [6, 6.07) is 5.61. The quantitative estimate of drug-likeness (QED) is 0.682. The van der Waals surface area contributed by atoms with E-state index >= 15 is 0 Å². The monoisotopic (exact) mass is 293 g/mol. The third-order valence-electron chi connectivity index (χ3n) is 3.75. The highest BCUT2D eigenvalue weighted by atomic mass is 16.6. The average molecular weight is 293 g/mol. The minimum absolute atomic E-state index is 0.0496. The Bertz CT molecular complexity index is 519. The third-order valence-corrected chi connectivity index (χ3v) is 3.75. The van der Waals surface area contributed by atoms with Crippen LogP contribution in [0.3, 0.4) is 0 Å². The minimum atomic E-state index is -0.353. The van der Waals surface area contributed by atoms with Gasteiger partial charge in [0.05, 0.1) is 11.0 Å². The van der Waals surface area contributed by atoms with Gasteiger partial charge < -0.3 is 15.4 Å². The first-order valence-electron chi connectivity index (χ1n) is 7.36. The lowest BCUT2D eigenvalue weighted by atomic mass is 9.98. The number of rotatable bonds is 4. The van der Waals surface area contributed by atoms with E-state index in [1.807, 2.05) is 13.8 Å². The third kappa shape index (κ3) is 3.44. The number of hydrogen-bond donors (Lipinski definition) is 1. The number of para-hydroxylation sites is 1. The van der Waals surface area contributed by atoms with Gasteiger partial charge in [-0.25, -0.2) is 0 Å². The Morgan fingerprint density at radius 2 is 2.19 bits per heavy atom. The van der Waals surface area contributed by atoms with Crippen LogP contribution in [-0.4, -0.2) is 29.7 Å². The summed E-state index contributed by atoms with van der Waals surface area (Å²) in [6.07, 6.45) is 1.58. The van der Waals surface area contributed by atoms with E-state index in [0.29, 0.717) is 11.4 Å². The molecule has 6 nitrogen and oxygen atoms in total. The number of anilines is 1. The summed E-state index contributed by atoms with van der Waals surface area (Å²) in [7, 11) is 0. The lowest BCUT2D eigenvalue weighted by molar-refractivity contribution is -0.385. The molecule has 1 aliphatic heterocycles. The summed E-state index contributed by atoms with van der Waals surface area (Å²) in [5, 5.41) is 11.5. The molecule has 116 valence electrons. The van der Waals surface area contributed by atoms with Crippen molar-refractivity contribution >= 4 is 11.4 Å². The maximum Gasteiger partial charge on any atom is 0.333 e. The zero-order valence-electron chi connectivity index (χ0n) is 12.8. The lowest BCUT2D eigenvalue weighted by Gasteiger charge is -2.37. The van der Waals surface area contributed by atoms with Crippen LogP contribution in [0.2, 0.25) is 0 Å². The van der Waals surface area contributed by atoms with E-state index in [9.17, 15) is 10.1 Å². The predicted molar refractivity (Wildman–Crippen MR) is 82.9 cm³/mol. The number of piperidine rings is 1. The van der Waals surface area contributed by atoms with Gasteiger partial charge in [-0.1, -0.05) is 6.07 Å². The highest BCUT2D eigenvalue weighted by molar-refractivity contribution is 5.70. The van der Waals surface area contributed by atoms with Crippen LogP contribution in [0.5, 0.6) is 5.75 Å². The summed E-state index contributed by atoms with van der Waals surface area (Å²) >= 11 is 0. The molecule has 0 spiro atoms. The highest BCUT2D eigenvalue weighted by Crippen LogP contribution is 2.39. The first-order chi connectivity index (χ1) is 9.90. The van der Waals surface area contributed by atoms with Gasteiger partial charge in [-0.05, 0) is 45.7 Å². The molecule has 1 aromatic rings. The van der Waals surface area contributed by atoms with Gasteiger partial charge in [0.15, 0.2) is 5.75 Å². The van der Waals surface area contributed by atoms with Crippen molar-refractivity contribution in [3.8, 4) is 5.75 Å². The van der Waals surface area contributed by atoms with E-state index in [0.717, 1.165) is 19.4 Å². The number of benzene rings is 1. The first-order valence-corrected chi connectivity index (χ1v) is 7.36. The zero-order valence-corrected chi connectivity index (χ0v) is 12.8. The number of nitro groups is 1. The first kappa shape index (κ1) is 15.6. The van der Waals surface area contributed by atoms with Crippen molar-refractivity contribution in [2.45, 2.75) is 51.8 Å². The molecule has 0 aliphatic carbocycles. The zero-order chi connectivity index (χ0) is 15.6. The molecule has 1 fully saturated rings. The summed E-state index contributed by atoms with van der Waals surface area (Å²) in [5.41, 5.74) is 6.65. The van der Waals surface area contributed by atoms with Crippen LogP contribution in [0, 0.1) is 10.1 Å². The molecule has 1 heterocycles. The Balaban J connectivity index is 2.41. The molecule has 2 atom stereocenters. The topological polar surface area (TPSA) is 81.6 Å². The number of nitrogens with zero attached hydrogens (tertiary/aromatic N) is 2. The van der Waals surface area contributed by atoms with Crippen molar-refractivity contribution < 1.29 is 9.66 Å². The van der Waals surface area contributed by atoms with E-state index in [4.69, 9.17) is 10.5 Å². The van der Waals surface area contributed by atoms with E-state index in [2.05, 4.69) is 11.8 Å². The smallest absolute Gasteiger partial charge is 0.333 e. The molecule has 6 heteroatoms. The van der Waals surface area contributed by atoms with Crippen molar-refractivity contribution in [2.24, 2.45) is 5.73 Å². The molecule has 0 saturated carbocycles. The average Bonchev–Trinajstić information content (AvgIpc) is 2.37. The van der Waals surface area contributed by atoms with Crippen LogP contribution in [-0.2, 0) is 0 Å². The van der Waals surface area contributed by atoms with E-state index in [1.54, 1.807) is 18.2 Å². The molecule has 1 aromatic carbocycles. The highest BCUT2D eigenvalue weighted by Gasteiger charge is 2.31. The van der Waals surface area contributed by atoms with Crippen LogP contribution in [0.25, 0.3) is 0 Å². The molecular weight excluding hydrogens is 270 g/mol. The Kier molecular flexibility index (Phi) is 4.67. The van der Waals surface area contributed by atoms with Gasteiger partial charge in [-0.15, -0.1) is 0 Å². The van der Waals surface area contributed by atoms with Crippen molar-refractivity contribution in [3.63, 3.8) is 0 Å². The van der Waals surface area contributed by atoms with Crippen molar-refractivity contribution in [2.75, 3.05) is 11.4 Å². The summed E-state index contributed by atoms with van der Waals surface area (Å²) in [5.74, 6) is 0.328. The van der Waals surface area contributed by atoms with Crippen LogP contribution in [0.15, 0.2) is 18.2 Å². The second-order valence-corrected chi connectivity index (χ2v) is 5.87. The Morgan fingerprint density at radius 1 is 1.48 bits per heavy atom. The van der Waals surface area contributed by atoms with E-state index in [1.165, 1.54) is 0 Å². The molecule has 2 N–H and O–H groups in total. The molecule has 0 bridgehead atoms. The van der Waals surface area contributed by atoms with Crippen molar-refractivity contribution in [1.82, 2.24) is 0 Å². The molecule has 21 heavy (non-hydrogen) atoms. The maximum atomic E-state index is 11.5. The second kappa shape index (κ2) is 6.30. The molecular formula is C15H23N3O3. The lowest BCUT2D eigenvalue weighted by Crippen LogP contribution is -2.45. The molecule has 2 rings (SSSR count). The summed E-state index contributed by atoms with van der Waals surface area (Å²) < 4.78 is 5.60. The number of ether oxygens (including phenoxy) is 1. The van der Waals surface area contributed by atoms with E-state index < -0.39 is 0 Å². The molecule has 0 radical (unpaired) electrons. The van der Waals surface area contributed by atoms with Crippen molar-refractivity contribution in [1.29, 1.82) is 0 Å². The van der Waals surface area contributed by atoms with Gasteiger partial charge in [0.1, 0.15) is 5.69 Å². The number of nitro benzene ring substituents is 1. The molecule has 0 aromatic heterocycles. The van der Waals surface area contributed by atoms with Gasteiger partial charge in [-0.2, -0.15) is 0 Å². The largest absolute Gasteiger partial charge is 0.484 e. The van der Waals surface area contributed by atoms with Crippen LogP contribution >= 0.6 is 0 Å². The SMILES string of the molecule is CC(C)Oc1cccc(N2CCC(N)CC2C)c1[N+](=O)[O-]. The fraction of sp³-hybridized carbons (Fsp3) is 0.600.